The van der Waals surface area contributed by atoms with Crippen molar-refractivity contribution < 1.29 is 18.0 Å². The van der Waals surface area contributed by atoms with Crippen LogP contribution in [0.3, 0.4) is 0 Å². The van der Waals surface area contributed by atoms with E-state index in [4.69, 9.17) is 0 Å². The van der Waals surface area contributed by atoms with Gasteiger partial charge in [-0.05, 0) is 69.4 Å². The molecule has 1 saturated carbocycles. The molecule has 224 valence electrons. The molecule has 0 saturated heterocycles. The third kappa shape index (κ3) is 7.59. The normalized spacial score (nSPS) is 14.7. The van der Waals surface area contributed by atoms with E-state index in [1.54, 1.807) is 35.2 Å². The highest BCUT2D eigenvalue weighted by Gasteiger charge is 2.34. The molecule has 1 N–H and O–H groups in total. The largest absolute Gasteiger partial charge is 0.352 e. The van der Waals surface area contributed by atoms with Gasteiger partial charge in [-0.3, -0.25) is 13.9 Å². The fourth-order valence-corrected chi connectivity index (χ4v) is 7.16. The number of carbonyl (C=O) groups is 2. The predicted octanol–water partition coefficient (Wildman–Crippen LogP) is 6.06. The van der Waals surface area contributed by atoms with Crippen LogP contribution in [0, 0.1) is 20.8 Å². The molecule has 4 rings (SSSR count). The standard InChI is InChI=1S/C34H43N3O4S/c1-5-31(34(39)35-29-14-10-7-11-15-29)36(23-28-12-8-6-9-13-28)33(38)24-37(32-21-18-26(3)22-27(32)4)42(40,41)30-19-16-25(2)17-20-30/h6,8-9,12-13,16-22,29,31H,5,7,10-11,14-15,23-24H2,1-4H3,(H,35,39)/t31-/m1/s1. The Morgan fingerprint density at radius 1 is 0.881 bits per heavy atom. The molecule has 0 aromatic heterocycles. The molecule has 0 bridgehead atoms. The van der Waals surface area contributed by atoms with Gasteiger partial charge in [-0.1, -0.05) is 91.9 Å². The Morgan fingerprint density at radius 3 is 2.14 bits per heavy atom. The number of sulfonamides is 1. The van der Waals surface area contributed by atoms with Gasteiger partial charge in [-0.15, -0.1) is 0 Å². The second-order valence-electron chi connectivity index (χ2n) is 11.4. The van der Waals surface area contributed by atoms with Gasteiger partial charge in [-0.25, -0.2) is 8.42 Å². The number of hydrogen-bond donors (Lipinski definition) is 1. The molecule has 0 unspecified atom stereocenters. The molecule has 8 heteroatoms. The minimum absolute atomic E-state index is 0.0996. The first-order chi connectivity index (χ1) is 20.1. The van der Waals surface area contributed by atoms with Crippen molar-refractivity contribution in [3.05, 3.63) is 95.1 Å². The highest BCUT2D eigenvalue weighted by atomic mass is 32.2. The molecule has 2 amide bonds. The van der Waals surface area contributed by atoms with Crippen LogP contribution in [0.1, 0.15) is 67.7 Å². The summed E-state index contributed by atoms with van der Waals surface area (Å²) >= 11 is 0. The Bertz CT molecular complexity index is 1470. The molecule has 1 fully saturated rings. The van der Waals surface area contributed by atoms with E-state index in [9.17, 15) is 18.0 Å². The zero-order chi connectivity index (χ0) is 30.3. The Morgan fingerprint density at radius 2 is 1.52 bits per heavy atom. The summed E-state index contributed by atoms with van der Waals surface area (Å²) < 4.78 is 29.4. The molecule has 3 aromatic rings. The number of nitrogens with zero attached hydrogens (tertiary/aromatic N) is 2. The SMILES string of the molecule is CC[C@H](C(=O)NC1CCCCC1)N(Cc1ccccc1)C(=O)CN(c1ccc(C)cc1C)S(=O)(=O)c1ccc(C)cc1. The number of amides is 2. The van der Waals surface area contributed by atoms with Crippen LogP contribution in [0.2, 0.25) is 0 Å². The van der Waals surface area contributed by atoms with Crippen LogP contribution in [0.15, 0.2) is 77.7 Å². The topological polar surface area (TPSA) is 86.8 Å². The summed E-state index contributed by atoms with van der Waals surface area (Å²) in [5.41, 5.74) is 3.98. The molecule has 7 nitrogen and oxygen atoms in total. The summed E-state index contributed by atoms with van der Waals surface area (Å²) in [6.45, 7) is 7.34. The molecule has 0 radical (unpaired) electrons. The number of carbonyl (C=O) groups excluding carboxylic acids is 2. The minimum atomic E-state index is -4.10. The summed E-state index contributed by atoms with van der Waals surface area (Å²) in [5, 5.41) is 3.19. The van der Waals surface area contributed by atoms with Crippen molar-refractivity contribution in [1.29, 1.82) is 0 Å². The van der Waals surface area contributed by atoms with Gasteiger partial charge < -0.3 is 10.2 Å². The second kappa shape index (κ2) is 14.0. The highest BCUT2D eigenvalue weighted by molar-refractivity contribution is 7.92. The van der Waals surface area contributed by atoms with Crippen molar-refractivity contribution in [3.8, 4) is 0 Å². The molecule has 3 aromatic carbocycles. The van der Waals surface area contributed by atoms with Crippen molar-refractivity contribution in [2.75, 3.05) is 10.8 Å². The molecular formula is C34H43N3O4S. The van der Waals surface area contributed by atoms with Crippen molar-refractivity contribution >= 4 is 27.5 Å². The quantitative estimate of drug-likeness (QED) is 0.294. The maximum atomic E-state index is 14.3. The van der Waals surface area contributed by atoms with E-state index >= 15 is 0 Å². The Kier molecular flexibility index (Phi) is 10.4. The zero-order valence-corrected chi connectivity index (χ0v) is 26.0. The van der Waals surface area contributed by atoms with Gasteiger partial charge in [0.1, 0.15) is 12.6 Å². The predicted molar refractivity (Wildman–Crippen MR) is 168 cm³/mol. The maximum absolute atomic E-state index is 14.3. The van der Waals surface area contributed by atoms with Gasteiger partial charge >= 0.3 is 0 Å². The van der Waals surface area contributed by atoms with E-state index in [1.165, 1.54) is 10.7 Å². The van der Waals surface area contributed by atoms with Gasteiger partial charge in [0.15, 0.2) is 0 Å². The van der Waals surface area contributed by atoms with Crippen LogP contribution in [-0.2, 0) is 26.2 Å². The van der Waals surface area contributed by atoms with Crippen LogP contribution in [0.25, 0.3) is 0 Å². The van der Waals surface area contributed by atoms with Gasteiger partial charge in [0, 0.05) is 12.6 Å². The second-order valence-corrected chi connectivity index (χ2v) is 13.3. The molecule has 0 heterocycles. The Hall–Kier alpha value is -3.65. The fraction of sp³-hybridized carbons (Fsp3) is 0.412. The third-order valence-corrected chi connectivity index (χ3v) is 9.82. The molecule has 0 aliphatic heterocycles. The Balaban J connectivity index is 1.72. The molecule has 1 aliphatic rings. The number of nitrogens with one attached hydrogen (secondary N) is 1. The lowest BCUT2D eigenvalue weighted by atomic mass is 9.95. The minimum Gasteiger partial charge on any atom is -0.352 e. The average molecular weight is 590 g/mol. The van der Waals surface area contributed by atoms with Crippen LogP contribution >= 0.6 is 0 Å². The molecule has 42 heavy (non-hydrogen) atoms. The summed E-state index contributed by atoms with van der Waals surface area (Å²) in [4.78, 5) is 29.6. The lowest BCUT2D eigenvalue weighted by Gasteiger charge is -2.34. The van der Waals surface area contributed by atoms with E-state index in [-0.39, 0.29) is 23.4 Å². The van der Waals surface area contributed by atoms with Crippen molar-refractivity contribution in [2.24, 2.45) is 0 Å². The van der Waals surface area contributed by atoms with Gasteiger partial charge in [0.2, 0.25) is 11.8 Å². The maximum Gasteiger partial charge on any atom is 0.264 e. The highest BCUT2D eigenvalue weighted by Crippen LogP contribution is 2.29. The average Bonchev–Trinajstić information content (AvgIpc) is 2.97. The van der Waals surface area contributed by atoms with Crippen molar-refractivity contribution in [3.63, 3.8) is 0 Å². The summed E-state index contributed by atoms with van der Waals surface area (Å²) in [5.74, 6) is -0.617. The number of benzene rings is 3. The van der Waals surface area contributed by atoms with E-state index < -0.39 is 28.5 Å². The van der Waals surface area contributed by atoms with Crippen molar-refractivity contribution in [2.45, 2.75) is 89.7 Å². The van der Waals surface area contributed by atoms with Crippen molar-refractivity contribution in [1.82, 2.24) is 10.2 Å². The van der Waals surface area contributed by atoms with E-state index in [2.05, 4.69) is 5.32 Å². The van der Waals surface area contributed by atoms with Gasteiger partial charge in [0.05, 0.1) is 10.6 Å². The van der Waals surface area contributed by atoms with Crippen LogP contribution < -0.4 is 9.62 Å². The van der Waals surface area contributed by atoms with Gasteiger partial charge in [-0.2, -0.15) is 0 Å². The Labute approximate surface area is 251 Å². The zero-order valence-electron chi connectivity index (χ0n) is 25.2. The third-order valence-electron chi connectivity index (χ3n) is 8.04. The first-order valence-electron chi connectivity index (χ1n) is 14.9. The number of aryl methyl sites for hydroxylation is 3. The van der Waals surface area contributed by atoms with E-state index in [1.807, 2.05) is 70.2 Å². The summed E-state index contributed by atoms with van der Waals surface area (Å²) in [6.07, 6.45) is 5.61. The van der Waals surface area contributed by atoms with Crippen LogP contribution in [-0.4, -0.2) is 43.8 Å². The fourth-order valence-electron chi connectivity index (χ4n) is 5.68. The van der Waals surface area contributed by atoms with Crippen LogP contribution in [0.4, 0.5) is 5.69 Å². The first kappa shape index (κ1) is 31.3. The number of hydrogen-bond acceptors (Lipinski definition) is 4. The number of anilines is 1. The van der Waals surface area contributed by atoms with Crippen LogP contribution in [0.5, 0.6) is 0 Å². The van der Waals surface area contributed by atoms with Gasteiger partial charge in [0.25, 0.3) is 10.0 Å². The molecule has 1 aliphatic carbocycles. The first-order valence-corrected chi connectivity index (χ1v) is 16.3. The lowest BCUT2D eigenvalue weighted by Crippen LogP contribution is -2.54. The monoisotopic (exact) mass is 589 g/mol. The molecule has 1 atom stereocenters. The van der Waals surface area contributed by atoms with E-state index in [0.717, 1.165) is 47.9 Å². The smallest absolute Gasteiger partial charge is 0.264 e. The summed E-state index contributed by atoms with van der Waals surface area (Å²) in [7, 11) is -4.10. The van der Waals surface area contributed by atoms with E-state index in [0.29, 0.717) is 12.1 Å². The number of rotatable bonds is 11. The lowest BCUT2D eigenvalue weighted by molar-refractivity contribution is -0.140. The molecule has 0 spiro atoms. The summed E-state index contributed by atoms with van der Waals surface area (Å²) in [6, 6.07) is 21.0. The molecular weight excluding hydrogens is 546 g/mol.